The van der Waals surface area contributed by atoms with Crippen molar-refractivity contribution in [2.24, 2.45) is 11.1 Å². The standard InChI is InChI=1S/C20H31N5O2.ClH/c1-3-4-17(21)19(27)24-9-7-20(8-10-24)6-5-18(26)25(14-20)13-16-12-22-15(2)11-23-16;/h11-12,17H,3-10,13-14,21H2,1-2H3;1H/t17-;/m0./s1. The lowest BCUT2D eigenvalue weighted by molar-refractivity contribution is -0.143. The maximum Gasteiger partial charge on any atom is 0.239 e. The largest absolute Gasteiger partial charge is 0.341 e. The number of nitrogens with two attached hydrogens (primary N) is 1. The molecule has 0 radical (unpaired) electrons. The second kappa shape index (κ2) is 9.65. The smallest absolute Gasteiger partial charge is 0.239 e. The van der Waals surface area contributed by atoms with E-state index in [1.807, 2.05) is 23.6 Å². The summed E-state index contributed by atoms with van der Waals surface area (Å²) in [7, 11) is 0. The Morgan fingerprint density at radius 3 is 2.57 bits per heavy atom. The maximum atomic E-state index is 12.5. The van der Waals surface area contributed by atoms with E-state index in [4.69, 9.17) is 5.73 Å². The minimum Gasteiger partial charge on any atom is -0.341 e. The van der Waals surface area contributed by atoms with Crippen molar-refractivity contribution in [2.45, 2.75) is 65.0 Å². The zero-order valence-electron chi connectivity index (χ0n) is 16.9. The van der Waals surface area contributed by atoms with Gasteiger partial charge in [0.05, 0.1) is 30.2 Å². The molecule has 2 saturated heterocycles. The molecule has 0 saturated carbocycles. The average Bonchev–Trinajstić information content (AvgIpc) is 2.67. The van der Waals surface area contributed by atoms with Crippen molar-refractivity contribution >= 4 is 24.2 Å². The van der Waals surface area contributed by atoms with Crippen LogP contribution in [0.5, 0.6) is 0 Å². The van der Waals surface area contributed by atoms with Gasteiger partial charge in [0.25, 0.3) is 0 Å². The first-order valence-electron chi connectivity index (χ1n) is 10.0. The van der Waals surface area contributed by atoms with Crippen molar-refractivity contribution in [1.82, 2.24) is 19.8 Å². The van der Waals surface area contributed by atoms with Gasteiger partial charge in [-0.1, -0.05) is 13.3 Å². The number of nitrogens with zero attached hydrogens (tertiary/aromatic N) is 4. The van der Waals surface area contributed by atoms with E-state index >= 15 is 0 Å². The van der Waals surface area contributed by atoms with E-state index in [9.17, 15) is 9.59 Å². The third kappa shape index (κ3) is 5.20. The molecule has 1 spiro atoms. The van der Waals surface area contributed by atoms with Gasteiger partial charge in [-0.15, -0.1) is 12.4 Å². The number of carbonyl (C=O) groups is 2. The molecular weight excluding hydrogens is 378 g/mol. The van der Waals surface area contributed by atoms with Crippen molar-refractivity contribution < 1.29 is 9.59 Å². The van der Waals surface area contributed by atoms with Crippen molar-refractivity contribution in [1.29, 1.82) is 0 Å². The van der Waals surface area contributed by atoms with E-state index in [-0.39, 0.29) is 35.7 Å². The highest BCUT2D eigenvalue weighted by atomic mass is 35.5. The summed E-state index contributed by atoms with van der Waals surface area (Å²) in [6.45, 7) is 6.68. The number of carbonyl (C=O) groups excluding carboxylic acids is 2. The summed E-state index contributed by atoms with van der Waals surface area (Å²) in [4.78, 5) is 37.4. The second-order valence-corrected chi connectivity index (χ2v) is 8.12. The van der Waals surface area contributed by atoms with Gasteiger partial charge < -0.3 is 15.5 Å². The zero-order chi connectivity index (χ0) is 19.4. The van der Waals surface area contributed by atoms with Crippen LogP contribution >= 0.6 is 12.4 Å². The predicted molar refractivity (Wildman–Crippen MR) is 110 cm³/mol. The minimum atomic E-state index is -0.381. The molecule has 2 N–H and O–H groups in total. The van der Waals surface area contributed by atoms with Gasteiger partial charge >= 0.3 is 0 Å². The van der Waals surface area contributed by atoms with Gasteiger partial charge in [-0.3, -0.25) is 19.6 Å². The van der Waals surface area contributed by atoms with Crippen LogP contribution in [0.25, 0.3) is 0 Å². The average molecular weight is 410 g/mol. The molecular formula is C20H32ClN5O2. The number of hydrogen-bond acceptors (Lipinski definition) is 5. The summed E-state index contributed by atoms with van der Waals surface area (Å²) >= 11 is 0. The lowest BCUT2D eigenvalue weighted by Gasteiger charge is -2.47. The molecule has 2 aliphatic rings. The topological polar surface area (TPSA) is 92.4 Å². The highest BCUT2D eigenvalue weighted by Crippen LogP contribution is 2.40. The molecule has 2 fully saturated rings. The Labute approximate surface area is 173 Å². The molecule has 2 amide bonds. The molecule has 3 rings (SSSR count). The van der Waals surface area contributed by atoms with Crippen LogP contribution in [-0.4, -0.2) is 57.3 Å². The van der Waals surface area contributed by atoms with Gasteiger partial charge in [-0.05, 0) is 38.0 Å². The molecule has 0 unspecified atom stereocenters. The molecule has 8 heteroatoms. The van der Waals surface area contributed by atoms with E-state index in [0.29, 0.717) is 13.0 Å². The first-order valence-corrected chi connectivity index (χ1v) is 10.0. The highest BCUT2D eigenvalue weighted by molar-refractivity contribution is 5.85. The summed E-state index contributed by atoms with van der Waals surface area (Å²) in [5.74, 6) is 0.261. The van der Waals surface area contributed by atoms with E-state index in [2.05, 4.69) is 9.97 Å². The van der Waals surface area contributed by atoms with Crippen molar-refractivity contribution in [2.75, 3.05) is 19.6 Å². The van der Waals surface area contributed by atoms with Crippen LogP contribution in [0.3, 0.4) is 0 Å². The molecule has 1 atom stereocenters. The molecule has 156 valence electrons. The molecule has 1 aromatic heterocycles. The SMILES string of the molecule is CCC[C@H](N)C(=O)N1CCC2(CCC(=O)N(Cc3cnc(C)cn3)C2)CC1.Cl. The number of hydrogen-bond donors (Lipinski definition) is 1. The van der Waals surface area contributed by atoms with Gasteiger partial charge in [-0.25, -0.2) is 0 Å². The van der Waals surface area contributed by atoms with Crippen LogP contribution < -0.4 is 5.73 Å². The first kappa shape index (κ1) is 22.6. The molecule has 0 bridgehead atoms. The number of piperidine rings is 2. The fourth-order valence-corrected chi connectivity index (χ4v) is 4.22. The Bertz CT molecular complexity index is 674. The number of aryl methyl sites for hydroxylation is 1. The van der Waals surface area contributed by atoms with Gasteiger partial charge in [-0.2, -0.15) is 0 Å². The molecule has 0 aliphatic carbocycles. The number of aromatic nitrogens is 2. The number of amides is 2. The monoisotopic (exact) mass is 409 g/mol. The highest BCUT2D eigenvalue weighted by Gasteiger charge is 2.42. The van der Waals surface area contributed by atoms with Gasteiger partial charge in [0.2, 0.25) is 11.8 Å². The fourth-order valence-electron chi connectivity index (χ4n) is 4.22. The predicted octanol–water partition coefficient (Wildman–Crippen LogP) is 2.07. The van der Waals surface area contributed by atoms with E-state index in [0.717, 1.165) is 63.1 Å². The van der Waals surface area contributed by atoms with Gasteiger partial charge in [0.1, 0.15) is 0 Å². The van der Waals surface area contributed by atoms with E-state index < -0.39 is 0 Å². The Hall–Kier alpha value is -1.73. The lowest BCUT2D eigenvalue weighted by Crippen LogP contribution is -2.54. The summed E-state index contributed by atoms with van der Waals surface area (Å²) < 4.78 is 0. The molecule has 1 aromatic rings. The Balaban J connectivity index is 0.00000280. The van der Waals surface area contributed by atoms with Crippen LogP contribution in [0.4, 0.5) is 0 Å². The van der Waals surface area contributed by atoms with Crippen LogP contribution in [0.1, 0.15) is 56.8 Å². The minimum absolute atomic E-state index is 0. The Kier molecular flexibility index (Phi) is 7.78. The van der Waals surface area contributed by atoms with Crippen LogP contribution in [0.15, 0.2) is 12.4 Å². The number of rotatable bonds is 5. The zero-order valence-corrected chi connectivity index (χ0v) is 17.7. The number of likely N-dealkylation sites (tertiary alicyclic amines) is 2. The van der Waals surface area contributed by atoms with Crippen LogP contribution in [0.2, 0.25) is 0 Å². The fraction of sp³-hybridized carbons (Fsp3) is 0.700. The third-order valence-electron chi connectivity index (χ3n) is 5.99. The quantitative estimate of drug-likeness (QED) is 0.803. The molecule has 0 aromatic carbocycles. The Morgan fingerprint density at radius 1 is 1.25 bits per heavy atom. The Morgan fingerprint density at radius 2 is 1.96 bits per heavy atom. The van der Waals surface area contributed by atoms with Crippen molar-refractivity contribution in [3.8, 4) is 0 Å². The summed E-state index contributed by atoms with van der Waals surface area (Å²) in [5, 5.41) is 0. The van der Waals surface area contributed by atoms with Gasteiger partial charge in [0.15, 0.2) is 0 Å². The second-order valence-electron chi connectivity index (χ2n) is 8.12. The first-order chi connectivity index (χ1) is 12.9. The molecule has 2 aliphatic heterocycles. The van der Waals surface area contributed by atoms with Crippen molar-refractivity contribution in [3.05, 3.63) is 23.8 Å². The maximum absolute atomic E-state index is 12.5. The van der Waals surface area contributed by atoms with Crippen molar-refractivity contribution in [3.63, 3.8) is 0 Å². The van der Waals surface area contributed by atoms with E-state index in [1.165, 1.54) is 0 Å². The normalized spacial score (nSPS) is 20.0. The number of halogens is 1. The molecule has 7 nitrogen and oxygen atoms in total. The lowest BCUT2D eigenvalue weighted by atomic mass is 9.72. The van der Waals surface area contributed by atoms with E-state index in [1.54, 1.807) is 12.4 Å². The van der Waals surface area contributed by atoms with Crippen LogP contribution in [0, 0.1) is 12.3 Å². The summed E-state index contributed by atoms with van der Waals surface area (Å²) in [6.07, 6.45) is 8.49. The molecule has 28 heavy (non-hydrogen) atoms. The van der Waals surface area contributed by atoms with Gasteiger partial charge in [0, 0.05) is 32.3 Å². The van der Waals surface area contributed by atoms with Crippen LogP contribution in [-0.2, 0) is 16.1 Å². The molecule has 3 heterocycles. The third-order valence-corrected chi connectivity index (χ3v) is 5.99. The summed E-state index contributed by atoms with van der Waals surface area (Å²) in [5.41, 5.74) is 7.81. The summed E-state index contributed by atoms with van der Waals surface area (Å²) in [6, 6.07) is -0.381.